The number of amides is 1. The molecule has 1 aromatic rings. The summed E-state index contributed by atoms with van der Waals surface area (Å²) in [5.74, 6) is -0.0609. The fourth-order valence-electron chi connectivity index (χ4n) is 1.66. The smallest absolute Gasteiger partial charge is 0.252 e. The van der Waals surface area contributed by atoms with Crippen molar-refractivity contribution in [2.75, 3.05) is 20.1 Å². The number of nitrogens with zero attached hydrogens (tertiary/aromatic N) is 2. The molecule has 1 heterocycles. The number of rotatable bonds is 5. The first-order chi connectivity index (χ1) is 8.16. The first-order valence-corrected chi connectivity index (χ1v) is 6.56. The average molecular weight is 298 g/mol. The van der Waals surface area contributed by atoms with Gasteiger partial charge in [-0.1, -0.05) is 0 Å². The molecule has 4 nitrogen and oxygen atoms in total. The predicted octanol–water partition coefficient (Wildman–Crippen LogP) is 1.67. The predicted molar refractivity (Wildman–Crippen MR) is 69.9 cm³/mol. The van der Waals surface area contributed by atoms with Gasteiger partial charge < -0.3 is 10.2 Å². The summed E-state index contributed by atoms with van der Waals surface area (Å²) in [7, 11) is 2.10. The summed E-state index contributed by atoms with van der Waals surface area (Å²) in [6, 6.07) is 4.27. The minimum Gasteiger partial charge on any atom is -0.351 e. The molecule has 0 atom stereocenters. The highest BCUT2D eigenvalue weighted by molar-refractivity contribution is 9.10. The van der Waals surface area contributed by atoms with Crippen LogP contribution in [0.2, 0.25) is 0 Å². The normalized spacial score (nSPS) is 15.0. The van der Waals surface area contributed by atoms with E-state index < -0.39 is 0 Å². The van der Waals surface area contributed by atoms with Crippen LogP contribution in [-0.4, -0.2) is 42.0 Å². The van der Waals surface area contributed by atoms with E-state index in [1.807, 2.05) is 0 Å². The Kier molecular flexibility index (Phi) is 4.12. The van der Waals surface area contributed by atoms with Gasteiger partial charge in [0.2, 0.25) is 0 Å². The lowest BCUT2D eigenvalue weighted by atomic mass is 10.3. The Morgan fingerprint density at radius 3 is 2.94 bits per heavy atom. The molecule has 0 aliphatic heterocycles. The molecular weight excluding hydrogens is 282 g/mol. The van der Waals surface area contributed by atoms with E-state index >= 15 is 0 Å². The van der Waals surface area contributed by atoms with Gasteiger partial charge in [-0.25, -0.2) is 4.98 Å². The minimum absolute atomic E-state index is 0.0609. The van der Waals surface area contributed by atoms with Gasteiger partial charge in [-0.15, -0.1) is 0 Å². The molecule has 1 N–H and O–H groups in total. The summed E-state index contributed by atoms with van der Waals surface area (Å²) < 4.78 is 0.738. The van der Waals surface area contributed by atoms with Gasteiger partial charge in [0.15, 0.2) is 0 Å². The highest BCUT2D eigenvalue weighted by Gasteiger charge is 2.25. The Hall–Kier alpha value is -0.940. The van der Waals surface area contributed by atoms with Crippen molar-refractivity contribution in [3.63, 3.8) is 0 Å². The van der Waals surface area contributed by atoms with Crippen LogP contribution < -0.4 is 5.32 Å². The Morgan fingerprint density at radius 2 is 2.35 bits per heavy atom. The number of aromatic nitrogens is 1. The van der Waals surface area contributed by atoms with E-state index in [1.165, 1.54) is 12.8 Å². The SMILES string of the molecule is CN(CCNC(=O)c1ccc(Br)nc1)C1CC1. The van der Waals surface area contributed by atoms with Crippen LogP contribution in [0.25, 0.3) is 0 Å². The number of pyridine rings is 1. The van der Waals surface area contributed by atoms with Crippen LogP contribution in [-0.2, 0) is 0 Å². The van der Waals surface area contributed by atoms with Gasteiger partial charge in [0.25, 0.3) is 5.91 Å². The van der Waals surface area contributed by atoms with Crippen molar-refractivity contribution in [2.45, 2.75) is 18.9 Å². The molecule has 0 bridgehead atoms. The molecular formula is C12H16BrN3O. The number of likely N-dealkylation sites (N-methyl/N-ethyl adjacent to an activating group) is 1. The summed E-state index contributed by atoms with van der Waals surface area (Å²) in [6.45, 7) is 1.59. The topological polar surface area (TPSA) is 45.2 Å². The average Bonchev–Trinajstić information content (AvgIpc) is 3.13. The molecule has 0 saturated heterocycles. The van der Waals surface area contributed by atoms with Crippen molar-refractivity contribution >= 4 is 21.8 Å². The maximum Gasteiger partial charge on any atom is 0.252 e. The summed E-state index contributed by atoms with van der Waals surface area (Å²) in [6.07, 6.45) is 4.16. The lowest BCUT2D eigenvalue weighted by Gasteiger charge is -2.15. The number of hydrogen-bond acceptors (Lipinski definition) is 3. The molecule has 1 aliphatic rings. The molecule has 1 amide bonds. The van der Waals surface area contributed by atoms with Gasteiger partial charge in [-0.05, 0) is 48.0 Å². The van der Waals surface area contributed by atoms with E-state index in [9.17, 15) is 4.79 Å². The van der Waals surface area contributed by atoms with Crippen LogP contribution in [0.4, 0.5) is 0 Å². The van der Waals surface area contributed by atoms with E-state index in [-0.39, 0.29) is 5.91 Å². The van der Waals surface area contributed by atoms with E-state index in [1.54, 1.807) is 18.3 Å². The van der Waals surface area contributed by atoms with Crippen LogP contribution in [0.15, 0.2) is 22.9 Å². The standard InChI is InChI=1S/C12H16BrN3O/c1-16(10-3-4-10)7-6-14-12(17)9-2-5-11(13)15-8-9/h2,5,8,10H,3-4,6-7H2,1H3,(H,14,17). The van der Waals surface area contributed by atoms with Gasteiger partial charge in [0.05, 0.1) is 5.56 Å². The maximum atomic E-state index is 11.7. The van der Waals surface area contributed by atoms with Crippen LogP contribution in [0, 0.1) is 0 Å². The van der Waals surface area contributed by atoms with Crippen molar-refractivity contribution in [3.05, 3.63) is 28.5 Å². The van der Waals surface area contributed by atoms with Gasteiger partial charge in [0.1, 0.15) is 4.60 Å². The molecule has 0 spiro atoms. The molecule has 0 aromatic carbocycles. The molecule has 92 valence electrons. The zero-order valence-electron chi connectivity index (χ0n) is 9.82. The van der Waals surface area contributed by atoms with Crippen LogP contribution in [0.3, 0.4) is 0 Å². The number of carbonyl (C=O) groups is 1. The van der Waals surface area contributed by atoms with Gasteiger partial charge in [0, 0.05) is 25.3 Å². The fourth-order valence-corrected chi connectivity index (χ4v) is 1.89. The summed E-state index contributed by atoms with van der Waals surface area (Å²) in [5, 5.41) is 2.90. The lowest BCUT2D eigenvalue weighted by molar-refractivity contribution is 0.0949. The Balaban J connectivity index is 1.74. The quantitative estimate of drug-likeness (QED) is 0.841. The Bertz CT molecular complexity index is 389. The molecule has 2 rings (SSSR count). The zero-order chi connectivity index (χ0) is 12.3. The lowest BCUT2D eigenvalue weighted by Crippen LogP contribution is -2.33. The van der Waals surface area contributed by atoms with Crippen LogP contribution in [0.1, 0.15) is 23.2 Å². The largest absolute Gasteiger partial charge is 0.351 e. The number of nitrogens with one attached hydrogen (secondary N) is 1. The zero-order valence-corrected chi connectivity index (χ0v) is 11.4. The van der Waals surface area contributed by atoms with Crippen LogP contribution >= 0.6 is 15.9 Å². The third-order valence-electron chi connectivity index (χ3n) is 2.91. The van der Waals surface area contributed by atoms with E-state index in [0.29, 0.717) is 12.1 Å². The van der Waals surface area contributed by atoms with Gasteiger partial charge >= 0.3 is 0 Å². The molecule has 0 unspecified atom stereocenters. The van der Waals surface area contributed by atoms with E-state index in [4.69, 9.17) is 0 Å². The van der Waals surface area contributed by atoms with Crippen LogP contribution in [0.5, 0.6) is 0 Å². The van der Waals surface area contributed by atoms with Crippen molar-refractivity contribution < 1.29 is 4.79 Å². The molecule has 17 heavy (non-hydrogen) atoms. The minimum atomic E-state index is -0.0609. The first kappa shape index (κ1) is 12.5. The fraction of sp³-hybridized carbons (Fsp3) is 0.500. The van der Waals surface area contributed by atoms with Crippen molar-refractivity contribution in [2.24, 2.45) is 0 Å². The van der Waals surface area contributed by atoms with E-state index in [2.05, 4.69) is 38.2 Å². The van der Waals surface area contributed by atoms with Crippen molar-refractivity contribution in [1.82, 2.24) is 15.2 Å². The molecule has 0 radical (unpaired) electrons. The van der Waals surface area contributed by atoms with Gasteiger partial charge in [-0.2, -0.15) is 0 Å². The summed E-state index contributed by atoms with van der Waals surface area (Å²) >= 11 is 3.24. The van der Waals surface area contributed by atoms with Crippen molar-refractivity contribution in [3.8, 4) is 0 Å². The highest BCUT2D eigenvalue weighted by atomic mass is 79.9. The molecule has 1 aromatic heterocycles. The summed E-state index contributed by atoms with van der Waals surface area (Å²) in [5.41, 5.74) is 0.599. The Morgan fingerprint density at radius 1 is 1.59 bits per heavy atom. The third-order valence-corrected chi connectivity index (χ3v) is 3.38. The second kappa shape index (κ2) is 5.60. The third kappa shape index (κ3) is 3.78. The van der Waals surface area contributed by atoms with Crippen molar-refractivity contribution in [1.29, 1.82) is 0 Å². The maximum absolute atomic E-state index is 11.7. The number of halogens is 1. The highest BCUT2D eigenvalue weighted by Crippen LogP contribution is 2.24. The van der Waals surface area contributed by atoms with E-state index in [0.717, 1.165) is 17.2 Å². The molecule has 1 aliphatic carbocycles. The second-order valence-electron chi connectivity index (χ2n) is 4.34. The van der Waals surface area contributed by atoms with Gasteiger partial charge in [-0.3, -0.25) is 4.79 Å². The molecule has 1 fully saturated rings. The monoisotopic (exact) mass is 297 g/mol. The second-order valence-corrected chi connectivity index (χ2v) is 5.15. The number of hydrogen-bond donors (Lipinski definition) is 1. The summed E-state index contributed by atoms with van der Waals surface area (Å²) in [4.78, 5) is 18.1. The number of carbonyl (C=O) groups excluding carboxylic acids is 1. The Labute approximate surface area is 110 Å². The molecule has 1 saturated carbocycles. The first-order valence-electron chi connectivity index (χ1n) is 5.77. The molecule has 5 heteroatoms.